The molecule has 3 N–H and O–H groups in total. The van der Waals surface area contributed by atoms with Gasteiger partial charge in [0.25, 0.3) is 0 Å². The zero-order chi connectivity index (χ0) is 11.7. The molecule has 1 aliphatic rings. The molecule has 0 amide bonds. The zero-order valence-corrected chi connectivity index (χ0v) is 9.47. The van der Waals surface area contributed by atoms with Crippen LogP contribution in [-0.4, -0.2) is 26.2 Å². The predicted molar refractivity (Wildman–Crippen MR) is 61.1 cm³/mol. The minimum Gasteiger partial charge on any atom is -0.342 e. The molecule has 2 aromatic rings. The second kappa shape index (κ2) is 4.29. The molecule has 2 heterocycles. The van der Waals surface area contributed by atoms with Crippen LogP contribution in [0, 0.1) is 0 Å². The minimum atomic E-state index is 0.257. The molecule has 0 aliphatic heterocycles. The lowest BCUT2D eigenvalue weighted by Crippen LogP contribution is -2.26. The van der Waals surface area contributed by atoms with E-state index in [0.29, 0.717) is 23.5 Å². The maximum atomic E-state index is 5.96. The number of nitrogens with one attached hydrogen (secondary N) is 1. The lowest BCUT2D eigenvalue weighted by Gasteiger charge is -2.23. The summed E-state index contributed by atoms with van der Waals surface area (Å²) in [5.74, 6) is 2.14. The first-order valence-corrected chi connectivity index (χ1v) is 5.92. The van der Waals surface area contributed by atoms with E-state index in [1.54, 1.807) is 12.4 Å². The van der Waals surface area contributed by atoms with E-state index < -0.39 is 0 Å². The Morgan fingerprint density at radius 3 is 3.12 bits per heavy atom. The molecular formula is C11H15N5O. The third-order valence-corrected chi connectivity index (χ3v) is 3.22. The highest BCUT2D eigenvalue weighted by Crippen LogP contribution is 2.31. The average Bonchev–Trinajstić information content (AvgIpc) is 3.00. The number of hydrogen-bond acceptors (Lipinski definition) is 5. The lowest BCUT2D eigenvalue weighted by atomic mass is 9.86. The summed E-state index contributed by atoms with van der Waals surface area (Å²) in [7, 11) is 0. The van der Waals surface area contributed by atoms with Crippen molar-refractivity contribution in [2.45, 2.75) is 37.6 Å². The van der Waals surface area contributed by atoms with Crippen LogP contribution in [0.5, 0.6) is 0 Å². The standard InChI is InChI=1S/C11H15N5O/c12-8-3-1-2-7(6-8)11-15-10(16-17-11)9-13-4-5-14-9/h4-5,7-8H,1-3,6,12H2,(H,13,14). The van der Waals surface area contributed by atoms with Gasteiger partial charge in [0.05, 0.1) is 0 Å². The second-order valence-electron chi connectivity index (χ2n) is 4.52. The van der Waals surface area contributed by atoms with Gasteiger partial charge in [-0.3, -0.25) is 0 Å². The largest absolute Gasteiger partial charge is 0.342 e. The average molecular weight is 233 g/mol. The molecule has 3 rings (SSSR count). The van der Waals surface area contributed by atoms with Crippen LogP contribution in [0.1, 0.15) is 37.5 Å². The smallest absolute Gasteiger partial charge is 0.238 e. The van der Waals surface area contributed by atoms with E-state index in [9.17, 15) is 0 Å². The molecule has 90 valence electrons. The van der Waals surface area contributed by atoms with Crippen LogP contribution in [-0.2, 0) is 0 Å². The molecule has 1 aliphatic carbocycles. The van der Waals surface area contributed by atoms with E-state index in [1.165, 1.54) is 0 Å². The fourth-order valence-corrected chi connectivity index (χ4v) is 2.34. The van der Waals surface area contributed by atoms with E-state index >= 15 is 0 Å². The molecule has 0 aromatic carbocycles. The molecular weight excluding hydrogens is 218 g/mol. The lowest BCUT2D eigenvalue weighted by molar-refractivity contribution is 0.299. The molecule has 0 spiro atoms. The Morgan fingerprint density at radius 1 is 1.41 bits per heavy atom. The van der Waals surface area contributed by atoms with E-state index in [4.69, 9.17) is 10.3 Å². The molecule has 2 unspecified atom stereocenters. The van der Waals surface area contributed by atoms with Crippen LogP contribution >= 0.6 is 0 Å². The predicted octanol–water partition coefficient (Wildman–Crippen LogP) is 1.44. The number of H-pyrrole nitrogens is 1. The van der Waals surface area contributed by atoms with Crippen molar-refractivity contribution in [1.29, 1.82) is 0 Å². The number of nitrogens with two attached hydrogens (primary N) is 1. The third kappa shape index (κ3) is 2.08. The number of imidazole rings is 1. The summed E-state index contributed by atoms with van der Waals surface area (Å²) in [5, 5.41) is 3.94. The quantitative estimate of drug-likeness (QED) is 0.818. The van der Waals surface area contributed by atoms with Crippen molar-refractivity contribution >= 4 is 0 Å². The van der Waals surface area contributed by atoms with Crippen LogP contribution in [0.4, 0.5) is 0 Å². The van der Waals surface area contributed by atoms with Crippen molar-refractivity contribution in [2.24, 2.45) is 5.73 Å². The number of rotatable bonds is 2. The Kier molecular flexibility index (Phi) is 2.64. The van der Waals surface area contributed by atoms with Gasteiger partial charge >= 0.3 is 0 Å². The summed E-state index contributed by atoms with van der Waals surface area (Å²) in [6.45, 7) is 0. The molecule has 0 saturated heterocycles. The molecule has 2 atom stereocenters. The number of nitrogens with zero attached hydrogens (tertiary/aromatic N) is 3. The Labute approximate surface area is 98.6 Å². The first-order valence-electron chi connectivity index (χ1n) is 5.92. The van der Waals surface area contributed by atoms with E-state index in [-0.39, 0.29) is 6.04 Å². The maximum absolute atomic E-state index is 5.96. The summed E-state index contributed by atoms with van der Waals surface area (Å²) >= 11 is 0. The van der Waals surface area contributed by atoms with Crippen LogP contribution in [0.25, 0.3) is 11.6 Å². The Balaban J connectivity index is 1.80. The van der Waals surface area contributed by atoms with E-state index in [0.717, 1.165) is 25.7 Å². The van der Waals surface area contributed by atoms with Crippen molar-refractivity contribution in [3.63, 3.8) is 0 Å². The minimum absolute atomic E-state index is 0.257. The van der Waals surface area contributed by atoms with Gasteiger partial charge < -0.3 is 15.2 Å². The number of aromatic amines is 1. The summed E-state index contributed by atoms with van der Waals surface area (Å²) in [6.07, 6.45) is 7.64. The van der Waals surface area contributed by atoms with Gasteiger partial charge in [-0.2, -0.15) is 4.98 Å². The van der Waals surface area contributed by atoms with E-state index in [2.05, 4.69) is 20.1 Å². The van der Waals surface area contributed by atoms with Gasteiger partial charge in [0, 0.05) is 24.4 Å². The molecule has 0 bridgehead atoms. The zero-order valence-electron chi connectivity index (χ0n) is 9.47. The summed E-state index contributed by atoms with van der Waals surface area (Å²) in [4.78, 5) is 11.4. The summed E-state index contributed by atoms with van der Waals surface area (Å²) in [6, 6.07) is 0.257. The summed E-state index contributed by atoms with van der Waals surface area (Å²) < 4.78 is 5.30. The molecule has 1 saturated carbocycles. The maximum Gasteiger partial charge on any atom is 0.238 e. The van der Waals surface area contributed by atoms with Crippen LogP contribution in [0.15, 0.2) is 16.9 Å². The van der Waals surface area contributed by atoms with Gasteiger partial charge in [-0.1, -0.05) is 11.6 Å². The Hall–Kier alpha value is -1.69. The SMILES string of the molecule is NC1CCCC(c2nc(-c3ncc[nH]3)no2)C1. The van der Waals surface area contributed by atoms with E-state index in [1.807, 2.05) is 0 Å². The van der Waals surface area contributed by atoms with Crippen molar-refractivity contribution in [2.75, 3.05) is 0 Å². The Bertz CT molecular complexity index is 478. The van der Waals surface area contributed by atoms with Crippen LogP contribution < -0.4 is 5.73 Å². The van der Waals surface area contributed by atoms with Gasteiger partial charge in [-0.15, -0.1) is 0 Å². The van der Waals surface area contributed by atoms with Crippen molar-refractivity contribution in [1.82, 2.24) is 20.1 Å². The third-order valence-electron chi connectivity index (χ3n) is 3.22. The normalized spacial score (nSPS) is 25.0. The molecule has 1 fully saturated rings. The second-order valence-corrected chi connectivity index (χ2v) is 4.52. The van der Waals surface area contributed by atoms with Gasteiger partial charge in [-0.25, -0.2) is 4.98 Å². The number of aromatic nitrogens is 4. The first-order chi connectivity index (χ1) is 8.33. The fraction of sp³-hybridized carbons (Fsp3) is 0.545. The summed E-state index contributed by atoms with van der Waals surface area (Å²) in [5.41, 5.74) is 5.96. The van der Waals surface area contributed by atoms with Crippen molar-refractivity contribution in [3.8, 4) is 11.6 Å². The van der Waals surface area contributed by atoms with Crippen LogP contribution in [0.2, 0.25) is 0 Å². The highest BCUT2D eigenvalue weighted by Gasteiger charge is 2.25. The monoisotopic (exact) mass is 233 g/mol. The topological polar surface area (TPSA) is 93.6 Å². The molecule has 0 radical (unpaired) electrons. The molecule has 2 aromatic heterocycles. The highest BCUT2D eigenvalue weighted by atomic mass is 16.5. The van der Waals surface area contributed by atoms with Crippen molar-refractivity contribution in [3.05, 3.63) is 18.3 Å². The van der Waals surface area contributed by atoms with Gasteiger partial charge in [-0.05, 0) is 19.3 Å². The van der Waals surface area contributed by atoms with Gasteiger partial charge in [0.1, 0.15) is 0 Å². The van der Waals surface area contributed by atoms with Crippen molar-refractivity contribution < 1.29 is 4.52 Å². The van der Waals surface area contributed by atoms with Crippen LogP contribution in [0.3, 0.4) is 0 Å². The van der Waals surface area contributed by atoms with Gasteiger partial charge in [0.15, 0.2) is 5.82 Å². The number of hydrogen-bond donors (Lipinski definition) is 2. The highest BCUT2D eigenvalue weighted by molar-refractivity contribution is 5.40. The van der Waals surface area contributed by atoms with Gasteiger partial charge in [0.2, 0.25) is 11.7 Å². The molecule has 6 nitrogen and oxygen atoms in total. The first kappa shape index (κ1) is 10.5. The Morgan fingerprint density at radius 2 is 2.35 bits per heavy atom. The molecule has 17 heavy (non-hydrogen) atoms. The molecule has 6 heteroatoms. The fourth-order valence-electron chi connectivity index (χ4n) is 2.34.